The normalized spacial score (nSPS) is 31.2. The van der Waals surface area contributed by atoms with Crippen molar-refractivity contribution in [2.75, 3.05) is 13.2 Å². The van der Waals surface area contributed by atoms with E-state index in [4.69, 9.17) is 9.72 Å². The van der Waals surface area contributed by atoms with Crippen molar-refractivity contribution in [2.45, 2.75) is 37.8 Å². The number of rotatable bonds is 2. The van der Waals surface area contributed by atoms with Crippen molar-refractivity contribution in [3.63, 3.8) is 0 Å². The molecule has 82 valence electrons. The minimum Gasteiger partial charge on any atom is -0.371 e. The lowest BCUT2D eigenvalue weighted by atomic mass is 10.2. The van der Waals surface area contributed by atoms with Gasteiger partial charge >= 0.3 is 0 Å². The van der Waals surface area contributed by atoms with Gasteiger partial charge in [-0.2, -0.15) is 0 Å². The zero-order chi connectivity index (χ0) is 10.1. The van der Waals surface area contributed by atoms with Gasteiger partial charge in [0.15, 0.2) is 0 Å². The van der Waals surface area contributed by atoms with E-state index in [0.717, 1.165) is 19.6 Å². The van der Waals surface area contributed by atoms with Crippen molar-refractivity contribution in [1.82, 2.24) is 10.3 Å². The Kier molecular flexibility index (Phi) is 2.73. The minimum absolute atomic E-state index is 0.283. The van der Waals surface area contributed by atoms with Gasteiger partial charge in [-0.1, -0.05) is 0 Å². The Morgan fingerprint density at radius 3 is 3.13 bits per heavy atom. The second-order valence-electron chi connectivity index (χ2n) is 4.26. The first-order valence-electron chi connectivity index (χ1n) is 5.74. The van der Waals surface area contributed by atoms with E-state index in [1.165, 1.54) is 30.0 Å². The molecule has 1 N–H and O–H groups in total. The number of aromatic nitrogens is 1. The monoisotopic (exact) mass is 224 g/mol. The molecular weight excluding hydrogens is 208 g/mol. The summed E-state index contributed by atoms with van der Waals surface area (Å²) in [5, 5.41) is 6.85. The highest BCUT2D eigenvalue weighted by molar-refractivity contribution is 7.09. The Bertz CT molecular complexity index is 297. The maximum atomic E-state index is 5.64. The summed E-state index contributed by atoms with van der Waals surface area (Å²) in [6.45, 7) is 2.04. The van der Waals surface area contributed by atoms with Crippen LogP contribution in [-0.2, 0) is 4.74 Å². The van der Waals surface area contributed by atoms with Crippen LogP contribution in [0.2, 0.25) is 0 Å². The van der Waals surface area contributed by atoms with Gasteiger partial charge in [0.25, 0.3) is 0 Å². The third kappa shape index (κ3) is 1.94. The smallest absolute Gasteiger partial charge is 0.122 e. The fourth-order valence-electron chi connectivity index (χ4n) is 2.32. The van der Waals surface area contributed by atoms with Crippen molar-refractivity contribution in [3.05, 3.63) is 16.1 Å². The van der Waals surface area contributed by atoms with Gasteiger partial charge in [0.1, 0.15) is 11.1 Å². The summed E-state index contributed by atoms with van der Waals surface area (Å²) in [7, 11) is 0. The predicted molar refractivity (Wildman–Crippen MR) is 60.0 cm³/mol. The van der Waals surface area contributed by atoms with Crippen molar-refractivity contribution in [1.29, 1.82) is 0 Å². The lowest BCUT2D eigenvalue weighted by Gasteiger charge is -2.06. The van der Waals surface area contributed by atoms with Gasteiger partial charge < -0.3 is 10.1 Å². The predicted octanol–water partition coefficient (Wildman–Crippen LogP) is 2.42. The molecule has 0 spiro atoms. The largest absolute Gasteiger partial charge is 0.371 e. The van der Waals surface area contributed by atoms with Crippen LogP contribution in [0.3, 0.4) is 0 Å². The summed E-state index contributed by atoms with van der Waals surface area (Å²) < 4.78 is 5.64. The van der Waals surface area contributed by atoms with Gasteiger partial charge in [-0.25, -0.2) is 4.98 Å². The molecule has 2 aliphatic rings. The van der Waals surface area contributed by atoms with Gasteiger partial charge in [-0.3, -0.25) is 0 Å². The first-order chi connectivity index (χ1) is 7.43. The van der Waals surface area contributed by atoms with Gasteiger partial charge in [0, 0.05) is 12.0 Å². The average Bonchev–Trinajstić information content (AvgIpc) is 3.02. The summed E-state index contributed by atoms with van der Waals surface area (Å²) in [5.74, 6) is 0. The molecular formula is C11H16N2OS. The first-order valence-corrected chi connectivity index (χ1v) is 6.62. The quantitative estimate of drug-likeness (QED) is 0.837. The molecule has 1 aromatic rings. The molecule has 2 atom stereocenters. The molecule has 2 unspecified atom stereocenters. The zero-order valence-corrected chi connectivity index (χ0v) is 9.55. The molecule has 2 saturated heterocycles. The first kappa shape index (κ1) is 9.75. The Morgan fingerprint density at radius 1 is 1.40 bits per heavy atom. The SMILES string of the molecule is c1sc(C2CCCO2)nc1C1CCCN1. The topological polar surface area (TPSA) is 34.1 Å². The maximum Gasteiger partial charge on any atom is 0.122 e. The van der Waals surface area contributed by atoms with E-state index in [0.29, 0.717) is 6.04 Å². The molecule has 0 aromatic carbocycles. The number of nitrogens with zero attached hydrogens (tertiary/aromatic N) is 1. The third-order valence-corrected chi connectivity index (χ3v) is 4.12. The van der Waals surface area contributed by atoms with Crippen LogP contribution in [0, 0.1) is 0 Å². The van der Waals surface area contributed by atoms with Crippen LogP contribution < -0.4 is 5.32 Å². The second kappa shape index (κ2) is 4.20. The van der Waals surface area contributed by atoms with Crippen molar-refractivity contribution in [3.8, 4) is 0 Å². The van der Waals surface area contributed by atoms with Crippen LogP contribution >= 0.6 is 11.3 Å². The van der Waals surface area contributed by atoms with Crippen LogP contribution in [0.25, 0.3) is 0 Å². The zero-order valence-electron chi connectivity index (χ0n) is 8.74. The molecule has 3 rings (SSSR count). The average molecular weight is 224 g/mol. The number of hydrogen-bond donors (Lipinski definition) is 1. The molecule has 2 fully saturated rings. The van der Waals surface area contributed by atoms with Crippen molar-refractivity contribution >= 4 is 11.3 Å². The molecule has 4 heteroatoms. The van der Waals surface area contributed by atoms with Crippen LogP contribution in [-0.4, -0.2) is 18.1 Å². The van der Waals surface area contributed by atoms with Crippen molar-refractivity contribution in [2.24, 2.45) is 0 Å². The number of hydrogen-bond acceptors (Lipinski definition) is 4. The van der Waals surface area contributed by atoms with Gasteiger partial charge in [-0.05, 0) is 32.2 Å². The minimum atomic E-state index is 0.283. The molecule has 0 radical (unpaired) electrons. The molecule has 0 aliphatic carbocycles. The molecule has 0 saturated carbocycles. The van der Waals surface area contributed by atoms with Crippen LogP contribution in [0.4, 0.5) is 0 Å². The Morgan fingerprint density at radius 2 is 2.40 bits per heavy atom. The Labute approximate surface area is 93.9 Å². The highest BCUT2D eigenvalue weighted by Gasteiger charge is 2.24. The Hall–Kier alpha value is -0.450. The van der Waals surface area contributed by atoms with Crippen LogP contribution in [0.15, 0.2) is 5.38 Å². The molecule has 1 aromatic heterocycles. The lowest BCUT2D eigenvalue weighted by molar-refractivity contribution is 0.111. The molecule has 0 bridgehead atoms. The third-order valence-electron chi connectivity index (χ3n) is 3.16. The summed E-state index contributed by atoms with van der Waals surface area (Å²) in [4.78, 5) is 4.71. The van der Waals surface area contributed by atoms with Crippen LogP contribution in [0.1, 0.15) is 48.5 Å². The summed E-state index contributed by atoms with van der Waals surface area (Å²) >= 11 is 1.76. The maximum absolute atomic E-state index is 5.64. The molecule has 3 nitrogen and oxygen atoms in total. The van der Waals surface area contributed by atoms with E-state index in [2.05, 4.69) is 10.7 Å². The van der Waals surface area contributed by atoms with E-state index >= 15 is 0 Å². The summed E-state index contributed by atoms with van der Waals surface area (Å²) in [5.41, 5.74) is 1.23. The highest BCUT2D eigenvalue weighted by Crippen LogP contribution is 2.33. The summed E-state index contributed by atoms with van der Waals surface area (Å²) in [6, 6.07) is 0.497. The van der Waals surface area contributed by atoms with Gasteiger partial charge in [0.05, 0.1) is 11.7 Å². The second-order valence-corrected chi connectivity index (χ2v) is 5.15. The van der Waals surface area contributed by atoms with E-state index in [1.807, 2.05) is 0 Å². The fourth-order valence-corrected chi connectivity index (χ4v) is 3.27. The summed E-state index contributed by atoms with van der Waals surface area (Å²) in [6.07, 6.45) is 5.11. The molecule has 15 heavy (non-hydrogen) atoms. The van der Waals surface area contributed by atoms with E-state index in [1.54, 1.807) is 11.3 Å². The number of nitrogens with one attached hydrogen (secondary N) is 1. The van der Waals surface area contributed by atoms with E-state index in [9.17, 15) is 0 Å². The molecule has 3 heterocycles. The fraction of sp³-hybridized carbons (Fsp3) is 0.727. The van der Waals surface area contributed by atoms with E-state index in [-0.39, 0.29) is 6.10 Å². The lowest BCUT2D eigenvalue weighted by Crippen LogP contribution is -2.13. The highest BCUT2D eigenvalue weighted by atomic mass is 32.1. The Balaban J connectivity index is 1.74. The standard InChI is InChI=1S/C11H16N2OS/c1-3-8(12-5-1)9-7-15-11(13-9)10-4-2-6-14-10/h7-8,10,12H,1-6H2. The van der Waals surface area contributed by atoms with Crippen LogP contribution in [0.5, 0.6) is 0 Å². The molecule has 2 aliphatic heterocycles. The van der Waals surface area contributed by atoms with Crippen molar-refractivity contribution < 1.29 is 4.74 Å². The van der Waals surface area contributed by atoms with Gasteiger partial charge in [0.2, 0.25) is 0 Å². The molecule has 0 amide bonds. The number of thiazole rings is 1. The number of ether oxygens (including phenoxy) is 1. The van der Waals surface area contributed by atoms with E-state index < -0.39 is 0 Å². The van der Waals surface area contributed by atoms with Gasteiger partial charge in [-0.15, -0.1) is 11.3 Å².